The maximum atomic E-state index is 12.8. The number of rotatable bonds is 4. The fourth-order valence-electron chi connectivity index (χ4n) is 3.43. The number of likely N-dealkylation sites (tertiary alicyclic amines) is 1. The third-order valence-corrected chi connectivity index (χ3v) is 5.12. The Morgan fingerprint density at radius 1 is 0.893 bits per heavy atom. The molecule has 1 saturated heterocycles. The van der Waals surface area contributed by atoms with Gasteiger partial charge in [0.25, 0.3) is 5.91 Å². The molecule has 0 aliphatic carbocycles. The van der Waals surface area contributed by atoms with Crippen molar-refractivity contribution in [1.29, 1.82) is 0 Å². The van der Waals surface area contributed by atoms with Gasteiger partial charge in [0.1, 0.15) is 0 Å². The molecule has 0 spiro atoms. The van der Waals surface area contributed by atoms with E-state index in [0.29, 0.717) is 5.56 Å². The first-order valence-electron chi connectivity index (χ1n) is 9.22. The average Bonchev–Trinajstić information content (AvgIpc) is 3.05. The molecule has 3 aromatic rings. The Morgan fingerprint density at radius 3 is 2.21 bits per heavy atom. The average molecular weight is 372 g/mol. The number of fused-ring (bicyclic) bond motifs is 1. The molecule has 0 saturated carbocycles. The number of carbonyl (C=O) groups excluding carboxylic acids is 3. The summed E-state index contributed by atoms with van der Waals surface area (Å²) in [7, 11) is 1.75. The zero-order valence-corrected chi connectivity index (χ0v) is 15.6. The van der Waals surface area contributed by atoms with Gasteiger partial charge in [0.2, 0.25) is 11.8 Å². The van der Waals surface area contributed by atoms with Crippen LogP contribution in [0.4, 0.5) is 5.69 Å². The molecule has 3 aromatic carbocycles. The first kappa shape index (κ1) is 17.9. The van der Waals surface area contributed by atoms with Gasteiger partial charge in [-0.3, -0.25) is 19.3 Å². The van der Waals surface area contributed by atoms with Gasteiger partial charge in [-0.2, -0.15) is 0 Å². The number of anilines is 1. The molecule has 1 aliphatic heterocycles. The van der Waals surface area contributed by atoms with Crippen LogP contribution in [0.2, 0.25) is 0 Å². The van der Waals surface area contributed by atoms with E-state index < -0.39 is 0 Å². The fourth-order valence-corrected chi connectivity index (χ4v) is 3.43. The smallest absolute Gasteiger partial charge is 0.258 e. The van der Waals surface area contributed by atoms with Crippen molar-refractivity contribution in [1.82, 2.24) is 4.90 Å². The van der Waals surface area contributed by atoms with Gasteiger partial charge in [0.05, 0.1) is 6.54 Å². The lowest BCUT2D eigenvalue weighted by atomic mass is 10.1. The minimum absolute atomic E-state index is 0.116. The van der Waals surface area contributed by atoms with E-state index in [2.05, 4.69) is 0 Å². The number of hydrogen-bond donors (Lipinski definition) is 0. The summed E-state index contributed by atoms with van der Waals surface area (Å²) in [6, 6.07) is 21.0. The highest BCUT2D eigenvalue weighted by Crippen LogP contribution is 2.23. The summed E-state index contributed by atoms with van der Waals surface area (Å²) in [5.41, 5.74) is 2.20. The van der Waals surface area contributed by atoms with Gasteiger partial charge in [-0.15, -0.1) is 0 Å². The van der Waals surface area contributed by atoms with Crippen molar-refractivity contribution in [3.8, 4) is 0 Å². The Hall–Kier alpha value is -3.47. The van der Waals surface area contributed by atoms with Crippen molar-refractivity contribution < 1.29 is 14.4 Å². The molecule has 4 rings (SSSR count). The minimum Gasteiger partial charge on any atom is -0.311 e. The third kappa shape index (κ3) is 3.39. The SMILES string of the molecule is CN(C(=O)c1ccc(CN2C(=O)CCC2=O)cc1)c1ccc2ccccc2c1. The Kier molecular flexibility index (Phi) is 4.65. The highest BCUT2D eigenvalue weighted by molar-refractivity contribution is 6.06. The number of hydrogen-bond acceptors (Lipinski definition) is 3. The van der Waals surface area contributed by atoms with E-state index in [-0.39, 0.29) is 37.1 Å². The molecule has 5 nitrogen and oxygen atoms in total. The molecule has 3 amide bonds. The zero-order valence-electron chi connectivity index (χ0n) is 15.6. The van der Waals surface area contributed by atoms with Crippen molar-refractivity contribution in [2.75, 3.05) is 11.9 Å². The number of benzene rings is 3. The predicted octanol–water partition coefficient (Wildman–Crippen LogP) is 3.77. The maximum Gasteiger partial charge on any atom is 0.258 e. The second kappa shape index (κ2) is 7.27. The molecule has 0 N–H and O–H groups in total. The van der Waals surface area contributed by atoms with Crippen LogP contribution in [0.25, 0.3) is 10.8 Å². The van der Waals surface area contributed by atoms with Gasteiger partial charge in [-0.25, -0.2) is 0 Å². The minimum atomic E-state index is -0.138. The molecule has 140 valence electrons. The normalized spacial score (nSPS) is 14.0. The highest BCUT2D eigenvalue weighted by Gasteiger charge is 2.28. The van der Waals surface area contributed by atoms with Crippen molar-refractivity contribution in [3.63, 3.8) is 0 Å². The molecule has 5 heteroatoms. The first-order chi connectivity index (χ1) is 13.5. The van der Waals surface area contributed by atoms with Gasteiger partial charge >= 0.3 is 0 Å². The van der Waals surface area contributed by atoms with E-state index in [4.69, 9.17) is 0 Å². The molecule has 0 radical (unpaired) electrons. The van der Waals surface area contributed by atoms with Crippen molar-refractivity contribution >= 4 is 34.2 Å². The molecule has 0 atom stereocenters. The van der Waals surface area contributed by atoms with Crippen LogP contribution < -0.4 is 4.90 Å². The lowest BCUT2D eigenvalue weighted by Crippen LogP contribution is -2.28. The van der Waals surface area contributed by atoms with Crippen LogP contribution in [-0.4, -0.2) is 29.7 Å². The van der Waals surface area contributed by atoms with Crippen LogP contribution in [-0.2, 0) is 16.1 Å². The maximum absolute atomic E-state index is 12.8. The summed E-state index contributed by atoms with van der Waals surface area (Å²) in [6.07, 6.45) is 0.567. The van der Waals surface area contributed by atoms with E-state index in [0.717, 1.165) is 22.0 Å². The summed E-state index contributed by atoms with van der Waals surface area (Å²) in [5, 5.41) is 2.21. The topological polar surface area (TPSA) is 57.7 Å². The van der Waals surface area contributed by atoms with Gasteiger partial charge in [0, 0.05) is 31.1 Å². The Morgan fingerprint density at radius 2 is 1.54 bits per heavy atom. The van der Waals surface area contributed by atoms with Gasteiger partial charge in [-0.1, -0.05) is 42.5 Å². The van der Waals surface area contributed by atoms with E-state index in [1.807, 2.05) is 42.5 Å². The van der Waals surface area contributed by atoms with Crippen LogP contribution in [0.3, 0.4) is 0 Å². The largest absolute Gasteiger partial charge is 0.311 e. The lowest BCUT2D eigenvalue weighted by molar-refractivity contribution is -0.139. The molecule has 1 aliphatic rings. The molecular formula is C23H20N2O3. The first-order valence-corrected chi connectivity index (χ1v) is 9.22. The van der Waals surface area contributed by atoms with E-state index in [1.54, 1.807) is 36.2 Å². The molecule has 28 heavy (non-hydrogen) atoms. The molecular weight excluding hydrogens is 352 g/mol. The quantitative estimate of drug-likeness (QED) is 0.655. The summed E-state index contributed by atoms with van der Waals surface area (Å²) in [4.78, 5) is 39.2. The zero-order chi connectivity index (χ0) is 19.7. The van der Waals surface area contributed by atoms with E-state index >= 15 is 0 Å². The monoisotopic (exact) mass is 372 g/mol. The van der Waals surface area contributed by atoms with Crippen molar-refractivity contribution in [3.05, 3.63) is 77.9 Å². The Labute approximate surface area is 163 Å². The van der Waals surface area contributed by atoms with Gasteiger partial charge in [0.15, 0.2) is 0 Å². The molecule has 0 unspecified atom stereocenters. The second-order valence-corrected chi connectivity index (χ2v) is 6.97. The van der Waals surface area contributed by atoms with Crippen LogP contribution in [0, 0.1) is 0 Å². The van der Waals surface area contributed by atoms with Crippen molar-refractivity contribution in [2.45, 2.75) is 19.4 Å². The highest BCUT2D eigenvalue weighted by atomic mass is 16.2. The van der Waals surface area contributed by atoms with Crippen LogP contribution >= 0.6 is 0 Å². The third-order valence-electron chi connectivity index (χ3n) is 5.12. The summed E-state index contributed by atoms with van der Waals surface area (Å²) < 4.78 is 0. The van der Waals surface area contributed by atoms with Crippen molar-refractivity contribution in [2.24, 2.45) is 0 Å². The molecule has 1 fully saturated rings. The number of carbonyl (C=O) groups is 3. The fraction of sp³-hybridized carbons (Fsp3) is 0.174. The van der Waals surface area contributed by atoms with Crippen LogP contribution in [0.15, 0.2) is 66.7 Å². The van der Waals surface area contributed by atoms with Crippen LogP contribution in [0.5, 0.6) is 0 Å². The predicted molar refractivity (Wildman–Crippen MR) is 108 cm³/mol. The standard InChI is InChI=1S/C23H20N2O3/c1-24(20-11-10-17-4-2-3-5-19(17)14-20)23(28)18-8-6-16(7-9-18)15-25-21(26)12-13-22(25)27/h2-11,14H,12-13,15H2,1H3. The van der Waals surface area contributed by atoms with Gasteiger partial charge in [-0.05, 0) is 40.6 Å². The molecule has 0 bridgehead atoms. The van der Waals surface area contributed by atoms with E-state index in [9.17, 15) is 14.4 Å². The molecule has 1 heterocycles. The number of nitrogens with zero attached hydrogens (tertiary/aromatic N) is 2. The number of imide groups is 1. The van der Waals surface area contributed by atoms with Gasteiger partial charge < -0.3 is 4.90 Å². The molecule has 0 aromatic heterocycles. The lowest BCUT2D eigenvalue weighted by Gasteiger charge is -2.19. The van der Waals surface area contributed by atoms with E-state index in [1.165, 1.54) is 4.90 Å². The summed E-state index contributed by atoms with van der Waals surface area (Å²) in [6.45, 7) is 0.257. The second-order valence-electron chi connectivity index (χ2n) is 6.97. The summed E-state index contributed by atoms with van der Waals surface area (Å²) >= 11 is 0. The van der Waals surface area contributed by atoms with Crippen LogP contribution in [0.1, 0.15) is 28.8 Å². The number of amides is 3. The Bertz CT molecular complexity index is 1060. The Balaban J connectivity index is 1.50. The summed E-state index contributed by atoms with van der Waals surface area (Å²) in [5.74, 6) is -0.391.